The quantitative estimate of drug-likeness (QED) is 0.417. The summed E-state index contributed by atoms with van der Waals surface area (Å²) in [4.78, 5) is 13.4. The maximum absolute atomic E-state index is 13.4. The molecule has 2 N–H and O–H groups in total. The van der Waals surface area contributed by atoms with Crippen molar-refractivity contribution in [3.8, 4) is 5.75 Å². The van der Waals surface area contributed by atoms with Crippen LogP contribution in [0.5, 0.6) is 5.75 Å². The van der Waals surface area contributed by atoms with E-state index in [-0.39, 0.29) is 22.3 Å². The van der Waals surface area contributed by atoms with Crippen LogP contribution in [0.4, 0.5) is 5.69 Å². The van der Waals surface area contributed by atoms with Gasteiger partial charge in [0.15, 0.2) is 0 Å². The van der Waals surface area contributed by atoms with Crippen LogP contribution in [-0.2, 0) is 21.2 Å². The van der Waals surface area contributed by atoms with E-state index in [2.05, 4.69) is 10.0 Å². The fourth-order valence-corrected chi connectivity index (χ4v) is 5.20. The average Bonchev–Trinajstić information content (AvgIpc) is 2.80. The standard InChI is InChI=1S/C26H29ClN2O4S/c1-17(2)21-12-8-9-18(3)25(21)28-26(30)23(15-19-10-6-5-7-11-19)29-34(31,32)20-13-14-24(33-4)22(27)16-20/h5-14,16-17,23,29H,15H2,1-4H3,(H,28,30)/t23-/m1/s1. The van der Waals surface area contributed by atoms with Crippen molar-refractivity contribution in [3.05, 3.63) is 88.4 Å². The molecule has 0 saturated heterocycles. The van der Waals surface area contributed by atoms with Crippen molar-refractivity contribution in [1.82, 2.24) is 4.72 Å². The number of carbonyl (C=O) groups excluding carboxylic acids is 1. The van der Waals surface area contributed by atoms with Gasteiger partial charge >= 0.3 is 0 Å². The second kappa shape index (κ2) is 11.0. The fraction of sp³-hybridized carbons (Fsp3) is 0.269. The van der Waals surface area contributed by atoms with Gasteiger partial charge in [-0.05, 0) is 54.2 Å². The van der Waals surface area contributed by atoms with Crippen molar-refractivity contribution in [2.24, 2.45) is 0 Å². The maximum atomic E-state index is 13.4. The normalized spacial score (nSPS) is 12.4. The first-order valence-corrected chi connectivity index (χ1v) is 12.8. The molecule has 0 radical (unpaired) electrons. The van der Waals surface area contributed by atoms with Crippen LogP contribution < -0.4 is 14.8 Å². The molecule has 0 saturated carbocycles. The third-order valence-corrected chi connectivity index (χ3v) is 7.27. The topological polar surface area (TPSA) is 84.5 Å². The van der Waals surface area contributed by atoms with Gasteiger partial charge in [0.1, 0.15) is 11.8 Å². The highest BCUT2D eigenvalue weighted by atomic mass is 35.5. The molecule has 6 nitrogen and oxygen atoms in total. The highest BCUT2D eigenvalue weighted by molar-refractivity contribution is 7.89. The number of carbonyl (C=O) groups is 1. The minimum absolute atomic E-state index is 0.0528. The van der Waals surface area contributed by atoms with Crippen LogP contribution in [0.1, 0.15) is 36.5 Å². The number of aryl methyl sites for hydroxylation is 1. The lowest BCUT2D eigenvalue weighted by Crippen LogP contribution is -2.45. The lowest BCUT2D eigenvalue weighted by Gasteiger charge is -2.22. The van der Waals surface area contributed by atoms with Gasteiger partial charge < -0.3 is 10.1 Å². The smallest absolute Gasteiger partial charge is 0.242 e. The molecule has 3 rings (SSSR count). The largest absolute Gasteiger partial charge is 0.495 e. The molecular formula is C26H29ClN2O4S. The molecule has 0 aliphatic rings. The number of para-hydroxylation sites is 1. The van der Waals surface area contributed by atoms with Gasteiger partial charge in [-0.3, -0.25) is 4.79 Å². The van der Waals surface area contributed by atoms with E-state index in [1.54, 1.807) is 0 Å². The Kier molecular flexibility index (Phi) is 8.36. The Morgan fingerprint density at radius 2 is 1.74 bits per heavy atom. The summed E-state index contributed by atoms with van der Waals surface area (Å²) in [6.45, 7) is 6.00. The van der Waals surface area contributed by atoms with Crippen molar-refractivity contribution in [1.29, 1.82) is 0 Å². The highest BCUT2D eigenvalue weighted by Crippen LogP contribution is 2.29. The summed E-state index contributed by atoms with van der Waals surface area (Å²) >= 11 is 6.14. The third kappa shape index (κ3) is 6.17. The first-order chi connectivity index (χ1) is 16.1. The zero-order valence-electron chi connectivity index (χ0n) is 19.6. The Morgan fingerprint density at radius 3 is 2.35 bits per heavy atom. The second-order valence-electron chi connectivity index (χ2n) is 8.34. The highest BCUT2D eigenvalue weighted by Gasteiger charge is 2.28. The zero-order valence-corrected chi connectivity index (χ0v) is 21.2. The van der Waals surface area contributed by atoms with Crippen LogP contribution in [0.3, 0.4) is 0 Å². The van der Waals surface area contributed by atoms with Gasteiger partial charge in [-0.2, -0.15) is 4.72 Å². The van der Waals surface area contributed by atoms with Crippen LogP contribution in [0.2, 0.25) is 5.02 Å². The predicted octanol–water partition coefficient (Wildman–Crippen LogP) is 5.31. The molecule has 0 aliphatic heterocycles. The third-order valence-electron chi connectivity index (χ3n) is 5.51. The Bertz CT molecular complexity index is 1260. The molecule has 3 aromatic rings. The minimum atomic E-state index is -4.05. The number of halogens is 1. The molecule has 0 unspecified atom stereocenters. The Balaban J connectivity index is 1.94. The molecule has 34 heavy (non-hydrogen) atoms. The van der Waals surface area contributed by atoms with Gasteiger partial charge in [-0.25, -0.2) is 8.42 Å². The lowest BCUT2D eigenvalue weighted by molar-refractivity contribution is -0.117. The number of ether oxygens (including phenoxy) is 1. The van der Waals surface area contributed by atoms with Crippen LogP contribution >= 0.6 is 11.6 Å². The molecule has 0 fully saturated rings. The zero-order chi connectivity index (χ0) is 24.9. The van der Waals surface area contributed by atoms with E-state index in [0.29, 0.717) is 11.4 Å². The van der Waals surface area contributed by atoms with Gasteiger partial charge in [0.05, 0.1) is 17.0 Å². The van der Waals surface area contributed by atoms with Crippen LogP contribution in [0.25, 0.3) is 0 Å². The number of anilines is 1. The first kappa shape index (κ1) is 25.7. The minimum Gasteiger partial charge on any atom is -0.495 e. The summed E-state index contributed by atoms with van der Waals surface area (Å²) in [6, 6.07) is 18.2. The number of hydrogen-bond donors (Lipinski definition) is 2. The van der Waals surface area contributed by atoms with Crippen molar-refractivity contribution >= 4 is 33.2 Å². The van der Waals surface area contributed by atoms with Gasteiger partial charge in [0.2, 0.25) is 15.9 Å². The summed E-state index contributed by atoms with van der Waals surface area (Å²) < 4.78 is 34.1. The summed E-state index contributed by atoms with van der Waals surface area (Å²) in [5.74, 6) is 0.101. The van der Waals surface area contributed by atoms with E-state index >= 15 is 0 Å². The summed E-state index contributed by atoms with van der Waals surface area (Å²) in [5, 5.41) is 3.14. The average molecular weight is 501 g/mol. The van der Waals surface area contributed by atoms with E-state index in [9.17, 15) is 13.2 Å². The number of amides is 1. The van der Waals surface area contributed by atoms with Crippen LogP contribution in [0, 0.1) is 6.92 Å². The summed E-state index contributed by atoms with van der Waals surface area (Å²) in [5.41, 5.74) is 3.42. The van der Waals surface area contributed by atoms with Gasteiger partial charge in [0, 0.05) is 5.69 Å². The molecule has 1 atom stereocenters. The van der Waals surface area contributed by atoms with Crippen molar-refractivity contribution in [2.45, 2.75) is 44.0 Å². The molecule has 0 spiro atoms. The molecule has 0 bridgehead atoms. The molecule has 0 heterocycles. The monoisotopic (exact) mass is 500 g/mol. The van der Waals surface area contributed by atoms with E-state index in [1.165, 1.54) is 25.3 Å². The fourth-order valence-electron chi connectivity index (χ4n) is 3.66. The van der Waals surface area contributed by atoms with E-state index in [0.717, 1.165) is 16.7 Å². The van der Waals surface area contributed by atoms with Gasteiger partial charge in [0.25, 0.3) is 0 Å². The van der Waals surface area contributed by atoms with Crippen molar-refractivity contribution in [3.63, 3.8) is 0 Å². The van der Waals surface area contributed by atoms with Crippen LogP contribution in [0.15, 0.2) is 71.6 Å². The molecular weight excluding hydrogens is 472 g/mol. The number of sulfonamides is 1. The van der Waals surface area contributed by atoms with Gasteiger partial charge in [-0.15, -0.1) is 0 Å². The Morgan fingerprint density at radius 1 is 1.03 bits per heavy atom. The Labute approximate surface area is 206 Å². The molecule has 0 aliphatic carbocycles. The van der Waals surface area contributed by atoms with E-state index < -0.39 is 22.0 Å². The van der Waals surface area contributed by atoms with Crippen LogP contribution in [-0.4, -0.2) is 27.5 Å². The molecule has 8 heteroatoms. The second-order valence-corrected chi connectivity index (χ2v) is 10.5. The summed E-state index contributed by atoms with van der Waals surface area (Å²) in [6.07, 6.45) is 0.179. The number of benzene rings is 3. The molecule has 1 amide bonds. The number of methoxy groups -OCH3 is 1. The van der Waals surface area contributed by atoms with E-state index in [1.807, 2.05) is 69.3 Å². The number of rotatable bonds is 9. The summed E-state index contributed by atoms with van der Waals surface area (Å²) in [7, 11) is -2.60. The first-order valence-electron chi connectivity index (χ1n) is 10.9. The lowest BCUT2D eigenvalue weighted by atomic mass is 9.97. The number of nitrogens with one attached hydrogen (secondary N) is 2. The molecule has 0 aromatic heterocycles. The Hall–Kier alpha value is -2.87. The molecule has 3 aromatic carbocycles. The number of hydrogen-bond acceptors (Lipinski definition) is 4. The maximum Gasteiger partial charge on any atom is 0.242 e. The van der Waals surface area contributed by atoms with Crippen molar-refractivity contribution in [2.75, 3.05) is 12.4 Å². The van der Waals surface area contributed by atoms with Gasteiger partial charge in [-0.1, -0.05) is 74.0 Å². The molecule has 180 valence electrons. The van der Waals surface area contributed by atoms with Crippen molar-refractivity contribution < 1.29 is 17.9 Å². The van der Waals surface area contributed by atoms with E-state index in [4.69, 9.17) is 16.3 Å². The SMILES string of the molecule is COc1ccc(S(=O)(=O)N[C@H](Cc2ccccc2)C(=O)Nc2c(C)cccc2C(C)C)cc1Cl. The predicted molar refractivity (Wildman–Crippen MR) is 136 cm³/mol.